The van der Waals surface area contributed by atoms with Crippen LogP contribution in [0, 0.1) is 0 Å². The number of nitrogens with two attached hydrogens (primary N) is 4. The summed E-state index contributed by atoms with van der Waals surface area (Å²) >= 11 is 0. The van der Waals surface area contributed by atoms with Crippen molar-refractivity contribution in [3.8, 4) is 0 Å². The number of carbonyl (C=O) groups excluding carboxylic acids is 4. The number of primary amides is 1. The molecule has 0 aliphatic heterocycles. The van der Waals surface area contributed by atoms with E-state index in [1.54, 1.807) is 36.5 Å². The maximum absolute atomic E-state index is 13.7. The number of carboxylic acids is 1. The van der Waals surface area contributed by atoms with Crippen LogP contribution in [0.25, 0.3) is 10.9 Å². The quantitative estimate of drug-likeness (QED) is 0.0494. The molecule has 2 aromatic carbocycles. The Morgan fingerprint density at radius 3 is 2.09 bits per heavy atom. The second-order valence-electron chi connectivity index (χ2n) is 10.5. The van der Waals surface area contributed by atoms with Crippen LogP contribution in [0.3, 0.4) is 0 Å². The number of aliphatic carboxylic acids is 1. The topological polar surface area (TPSA) is 274 Å². The molecule has 0 radical (unpaired) electrons. The molecule has 4 atom stereocenters. The van der Waals surface area contributed by atoms with E-state index in [4.69, 9.17) is 22.9 Å². The molecule has 0 fully saturated rings. The summed E-state index contributed by atoms with van der Waals surface area (Å²) in [5, 5.41) is 18.4. The normalized spacial score (nSPS) is 13.5. The molecule has 0 spiro atoms. The predicted molar refractivity (Wildman–Crippen MR) is 167 cm³/mol. The highest BCUT2D eigenvalue weighted by Gasteiger charge is 2.31. The van der Waals surface area contributed by atoms with Crippen molar-refractivity contribution in [1.29, 1.82) is 0 Å². The largest absolute Gasteiger partial charge is 0.480 e. The first-order valence-electron chi connectivity index (χ1n) is 14.3. The van der Waals surface area contributed by atoms with Gasteiger partial charge in [0.15, 0.2) is 5.96 Å². The first-order valence-corrected chi connectivity index (χ1v) is 14.3. The molecule has 4 unspecified atom stereocenters. The Kier molecular flexibility index (Phi) is 12.4. The number of fused-ring (bicyclic) bond motifs is 1. The van der Waals surface area contributed by atoms with Crippen molar-refractivity contribution in [3.63, 3.8) is 0 Å². The summed E-state index contributed by atoms with van der Waals surface area (Å²) in [4.78, 5) is 70.4. The van der Waals surface area contributed by atoms with E-state index in [0.717, 1.165) is 10.9 Å². The van der Waals surface area contributed by atoms with Crippen molar-refractivity contribution in [2.45, 2.75) is 56.3 Å². The highest BCUT2D eigenvalue weighted by atomic mass is 16.4. The Hall–Kier alpha value is -5.44. The molecule has 3 rings (SSSR count). The first-order chi connectivity index (χ1) is 21.4. The minimum absolute atomic E-state index is 0.00484. The van der Waals surface area contributed by atoms with Crippen LogP contribution in [0.4, 0.5) is 0 Å². The van der Waals surface area contributed by atoms with Gasteiger partial charge in [0.2, 0.25) is 23.6 Å². The van der Waals surface area contributed by atoms with Gasteiger partial charge in [-0.25, -0.2) is 4.79 Å². The van der Waals surface area contributed by atoms with Crippen LogP contribution < -0.4 is 38.9 Å². The predicted octanol–water partition coefficient (Wildman–Crippen LogP) is -1.25. The monoisotopic (exact) mass is 621 g/mol. The van der Waals surface area contributed by atoms with E-state index < -0.39 is 60.2 Å². The van der Waals surface area contributed by atoms with Gasteiger partial charge in [-0.15, -0.1) is 0 Å². The third-order valence-electron chi connectivity index (χ3n) is 6.97. The van der Waals surface area contributed by atoms with Gasteiger partial charge < -0.3 is 49.0 Å². The molecule has 15 heteroatoms. The number of nitrogens with zero attached hydrogens (tertiary/aromatic N) is 1. The fourth-order valence-corrected chi connectivity index (χ4v) is 4.68. The van der Waals surface area contributed by atoms with Gasteiger partial charge in [0.05, 0.1) is 12.5 Å². The Morgan fingerprint density at radius 1 is 0.800 bits per heavy atom. The summed E-state index contributed by atoms with van der Waals surface area (Å²) in [5.74, 6) is -4.49. The molecule has 0 aliphatic carbocycles. The molecule has 4 amide bonds. The molecule has 45 heavy (non-hydrogen) atoms. The number of guanidine groups is 1. The fraction of sp³-hybridized carbons (Fsp3) is 0.333. The van der Waals surface area contributed by atoms with Crippen molar-refractivity contribution in [3.05, 3.63) is 71.9 Å². The first kappa shape index (κ1) is 34.1. The lowest BCUT2D eigenvalue weighted by Gasteiger charge is -2.25. The van der Waals surface area contributed by atoms with Crippen molar-refractivity contribution >= 4 is 46.5 Å². The lowest BCUT2D eigenvalue weighted by molar-refractivity contribution is -0.142. The Labute approximate surface area is 259 Å². The van der Waals surface area contributed by atoms with Crippen molar-refractivity contribution in [1.82, 2.24) is 20.9 Å². The maximum atomic E-state index is 13.7. The molecule has 1 heterocycles. The molecule has 0 aliphatic rings. The zero-order valence-electron chi connectivity index (χ0n) is 24.6. The third kappa shape index (κ3) is 10.7. The van der Waals surface area contributed by atoms with E-state index in [2.05, 4.69) is 25.9 Å². The molecule has 0 saturated carbocycles. The van der Waals surface area contributed by atoms with Crippen LogP contribution in [0.5, 0.6) is 0 Å². The van der Waals surface area contributed by atoms with Crippen LogP contribution in [0.1, 0.15) is 30.4 Å². The number of hydrogen-bond donors (Lipinski definition) is 9. The van der Waals surface area contributed by atoms with E-state index in [1.807, 2.05) is 24.3 Å². The van der Waals surface area contributed by atoms with Crippen molar-refractivity contribution < 1.29 is 29.1 Å². The third-order valence-corrected chi connectivity index (χ3v) is 6.97. The number of nitrogens with one attached hydrogen (secondary N) is 4. The average molecular weight is 622 g/mol. The maximum Gasteiger partial charge on any atom is 0.326 e. The minimum atomic E-state index is -1.31. The standard InChI is InChI=1S/C30H39N9O6/c31-20(15-25(32)40)26(41)37-22(11-6-12-35-30(33)34)27(42)38-23(14-18-16-36-21-10-5-4-9-19(18)21)28(43)39-24(29(44)45)13-17-7-2-1-3-8-17/h1-5,7-10,16,20,22-24,36H,6,11-15,31H2,(H2,32,40)(H,37,41)(H,38,42)(H,39,43)(H,44,45)(H4,33,34,35). The Balaban J connectivity index is 1.87. The molecule has 0 bridgehead atoms. The number of H-pyrrole nitrogens is 1. The lowest BCUT2D eigenvalue weighted by atomic mass is 10.0. The summed E-state index contributed by atoms with van der Waals surface area (Å²) in [6.07, 6.45) is 1.57. The Bertz CT molecular complexity index is 1520. The van der Waals surface area contributed by atoms with Crippen LogP contribution in [0.2, 0.25) is 0 Å². The van der Waals surface area contributed by atoms with Gasteiger partial charge in [0.25, 0.3) is 0 Å². The number of benzene rings is 2. The highest BCUT2D eigenvalue weighted by molar-refractivity contribution is 5.95. The van der Waals surface area contributed by atoms with E-state index in [1.165, 1.54) is 0 Å². The molecule has 240 valence electrons. The van der Waals surface area contributed by atoms with Gasteiger partial charge in [0, 0.05) is 36.5 Å². The number of aliphatic imine (C=N–C) groups is 1. The van der Waals surface area contributed by atoms with E-state index in [-0.39, 0.29) is 38.2 Å². The summed E-state index contributed by atoms with van der Waals surface area (Å²) in [6, 6.07) is 11.1. The second-order valence-corrected chi connectivity index (χ2v) is 10.5. The van der Waals surface area contributed by atoms with Gasteiger partial charge in [-0.3, -0.25) is 24.2 Å². The van der Waals surface area contributed by atoms with E-state index >= 15 is 0 Å². The smallest absolute Gasteiger partial charge is 0.326 e. The number of carboxylic acid groups (broad SMARTS) is 1. The van der Waals surface area contributed by atoms with Gasteiger partial charge in [0.1, 0.15) is 18.1 Å². The number of hydrogen-bond acceptors (Lipinski definition) is 7. The van der Waals surface area contributed by atoms with Gasteiger partial charge in [-0.2, -0.15) is 0 Å². The molecular formula is C30H39N9O6. The number of amides is 4. The number of rotatable bonds is 17. The summed E-state index contributed by atoms with van der Waals surface area (Å²) in [6.45, 7) is 0.147. The van der Waals surface area contributed by atoms with Crippen molar-refractivity contribution in [2.24, 2.45) is 27.9 Å². The number of para-hydroxylation sites is 1. The Morgan fingerprint density at radius 2 is 1.42 bits per heavy atom. The SMILES string of the molecule is NC(=O)CC(N)C(=O)NC(CCCN=C(N)N)C(=O)NC(Cc1c[nH]c2ccccc12)C(=O)NC(Cc1ccccc1)C(=O)O. The molecule has 0 saturated heterocycles. The van der Waals surface area contributed by atoms with Gasteiger partial charge in [-0.05, 0) is 30.0 Å². The molecule has 3 aromatic rings. The van der Waals surface area contributed by atoms with Gasteiger partial charge in [-0.1, -0.05) is 48.5 Å². The zero-order chi connectivity index (χ0) is 32.9. The number of carbonyl (C=O) groups is 5. The van der Waals surface area contributed by atoms with E-state index in [0.29, 0.717) is 11.1 Å². The highest BCUT2D eigenvalue weighted by Crippen LogP contribution is 2.19. The molecule has 13 N–H and O–H groups in total. The minimum Gasteiger partial charge on any atom is -0.480 e. The molecule has 15 nitrogen and oxygen atoms in total. The number of aromatic amines is 1. The average Bonchev–Trinajstić information content (AvgIpc) is 3.40. The number of aromatic nitrogens is 1. The van der Waals surface area contributed by atoms with Gasteiger partial charge >= 0.3 is 5.97 Å². The fourth-order valence-electron chi connectivity index (χ4n) is 4.68. The second kappa shape index (κ2) is 16.4. The zero-order valence-corrected chi connectivity index (χ0v) is 24.6. The van der Waals surface area contributed by atoms with Crippen LogP contribution >= 0.6 is 0 Å². The summed E-state index contributed by atoms with van der Waals surface area (Å²) < 4.78 is 0. The molecular weight excluding hydrogens is 582 g/mol. The van der Waals surface area contributed by atoms with Crippen LogP contribution in [-0.2, 0) is 36.8 Å². The van der Waals surface area contributed by atoms with Crippen LogP contribution in [-0.4, -0.2) is 76.4 Å². The summed E-state index contributed by atoms with van der Waals surface area (Å²) in [5.41, 5.74) is 23.9. The van der Waals surface area contributed by atoms with Crippen molar-refractivity contribution in [2.75, 3.05) is 6.54 Å². The van der Waals surface area contributed by atoms with Crippen LogP contribution in [0.15, 0.2) is 65.8 Å². The molecule has 1 aromatic heterocycles. The van der Waals surface area contributed by atoms with E-state index in [9.17, 15) is 29.1 Å². The lowest BCUT2D eigenvalue weighted by Crippen LogP contribution is -2.58. The summed E-state index contributed by atoms with van der Waals surface area (Å²) in [7, 11) is 0.